The van der Waals surface area contributed by atoms with Crippen molar-refractivity contribution in [3.63, 3.8) is 0 Å². The first-order chi connectivity index (χ1) is 14.3. The van der Waals surface area contributed by atoms with Crippen molar-refractivity contribution < 1.29 is 28.2 Å². The van der Waals surface area contributed by atoms with Crippen LogP contribution in [0.25, 0.3) is 0 Å². The van der Waals surface area contributed by atoms with Gasteiger partial charge in [0, 0.05) is 6.04 Å². The van der Waals surface area contributed by atoms with E-state index < -0.39 is 36.9 Å². The Labute approximate surface area is 174 Å². The fourth-order valence-electron chi connectivity index (χ4n) is 3.41. The first-order valence-electron chi connectivity index (χ1n) is 10.6. The number of aromatic nitrogens is 1. The molecule has 1 aliphatic carbocycles. The van der Waals surface area contributed by atoms with Crippen LogP contribution in [0.15, 0.2) is 12.1 Å². The number of carbonyl (C=O) groups is 2. The van der Waals surface area contributed by atoms with E-state index >= 15 is 0 Å². The quantitative estimate of drug-likeness (QED) is 0.498. The van der Waals surface area contributed by atoms with Crippen molar-refractivity contribution >= 4 is 17.6 Å². The lowest BCUT2D eigenvalue weighted by atomic mass is 10.1. The fourth-order valence-corrected chi connectivity index (χ4v) is 3.41. The van der Waals surface area contributed by atoms with Crippen LogP contribution in [-0.4, -0.2) is 53.6 Å². The second kappa shape index (κ2) is 9.57. The molecule has 0 bridgehead atoms. The predicted molar refractivity (Wildman–Crippen MR) is 107 cm³/mol. The Bertz CT molecular complexity index is 763. The number of carboxylic acid groups (broad SMARTS) is 1. The van der Waals surface area contributed by atoms with Crippen LogP contribution in [0.3, 0.4) is 0 Å². The topological polar surface area (TPSA) is 91.8 Å². The number of aliphatic carboxylic acids is 1. The number of alkyl halides is 2. The highest BCUT2D eigenvalue weighted by Gasteiger charge is 2.45. The first-order valence-corrected chi connectivity index (χ1v) is 10.6. The van der Waals surface area contributed by atoms with Crippen LogP contribution < -0.4 is 15.0 Å². The number of nitrogens with zero attached hydrogens (tertiary/aromatic N) is 2. The van der Waals surface area contributed by atoms with E-state index in [9.17, 15) is 18.4 Å². The SMILES string of the molecule is CCCCCC(CC(=O)O)NC(=O)c1ccc(N2CC(F)(F)C2)c(OCC2CC2)n1. The number of nitrogens with one attached hydrogen (secondary N) is 1. The Morgan fingerprint density at radius 2 is 2.07 bits per heavy atom. The average Bonchev–Trinajstić information content (AvgIpc) is 3.48. The van der Waals surface area contributed by atoms with Gasteiger partial charge in [-0.2, -0.15) is 0 Å². The summed E-state index contributed by atoms with van der Waals surface area (Å²) in [7, 11) is 0. The zero-order chi connectivity index (χ0) is 21.7. The van der Waals surface area contributed by atoms with E-state index in [-0.39, 0.29) is 18.0 Å². The molecule has 30 heavy (non-hydrogen) atoms. The molecule has 1 saturated heterocycles. The van der Waals surface area contributed by atoms with E-state index in [1.165, 1.54) is 11.0 Å². The smallest absolute Gasteiger partial charge is 0.305 e. The molecule has 1 aliphatic heterocycles. The molecule has 2 heterocycles. The van der Waals surface area contributed by atoms with E-state index in [2.05, 4.69) is 10.3 Å². The third kappa shape index (κ3) is 6.27. The lowest BCUT2D eigenvalue weighted by molar-refractivity contribution is -0.137. The maximum atomic E-state index is 13.3. The number of rotatable bonds is 12. The van der Waals surface area contributed by atoms with Crippen LogP contribution >= 0.6 is 0 Å². The molecule has 166 valence electrons. The number of pyridine rings is 1. The van der Waals surface area contributed by atoms with Crippen molar-refractivity contribution in [1.82, 2.24) is 10.3 Å². The fraction of sp³-hybridized carbons (Fsp3) is 0.667. The molecular weight excluding hydrogens is 396 g/mol. The lowest BCUT2D eigenvalue weighted by Gasteiger charge is -2.40. The molecule has 1 saturated carbocycles. The van der Waals surface area contributed by atoms with E-state index in [0.717, 1.165) is 32.1 Å². The molecule has 7 nitrogen and oxygen atoms in total. The second-order valence-electron chi connectivity index (χ2n) is 8.25. The Balaban J connectivity index is 1.70. The highest BCUT2D eigenvalue weighted by Crippen LogP contribution is 2.37. The van der Waals surface area contributed by atoms with Crippen molar-refractivity contribution in [3.8, 4) is 5.88 Å². The zero-order valence-electron chi connectivity index (χ0n) is 17.2. The van der Waals surface area contributed by atoms with Crippen molar-refractivity contribution in [2.24, 2.45) is 5.92 Å². The number of carboxylic acids is 1. The Kier molecular flexibility index (Phi) is 7.10. The van der Waals surface area contributed by atoms with E-state index in [1.54, 1.807) is 6.07 Å². The molecule has 9 heteroatoms. The van der Waals surface area contributed by atoms with Gasteiger partial charge in [-0.25, -0.2) is 13.8 Å². The molecule has 2 N–H and O–H groups in total. The molecule has 2 fully saturated rings. The number of amides is 1. The summed E-state index contributed by atoms with van der Waals surface area (Å²) in [6.07, 6.45) is 5.30. The van der Waals surface area contributed by atoms with Crippen molar-refractivity contribution in [1.29, 1.82) is 0 Å². The highest BCUT2D eigenvalue weighted by atomic mass is 19.3. The van der Waals surface area contributed by atoms with Crippen LogP contribution in [0.1, 0.15) is 62.4 Å². The minimum Gasteiger partial charge on any atom is -0.481 e. The third-order valence-electron chi connectivity index (χ3n) is 5.32. The number of carbonyl (C=O) groups excluding carboxylic acids is 1. The molecular formula is C21H29F2N3O4. The molecule has 0 radical (unpaired) electrons. The minimum absolute atomic E-state index is 0.0858. The van der Waals surface area contributed by atoms with Gasteiger partial charge in [0.25, 0.3) is 11.8 Å². The molecule has 0 spiro atoms. The van der Waals surface area contributed by atoms with Gasteiger partial charge in [0.15, 0.2) is 0 Å². The predicted octanol–water partition coefficient (Wildman–Crippen LogP) is 3.48. The molecule has 1 amide bonds. The molecule has 1 unspecified atom stereocenters. The van der Waals surface area contributed by atoms with Crippen LogP contribution in [0.5, 0.6) is 5.88 Å². The normalized spacial score (nSPS) is 18.4. The minimum atomic E-state index is -2.73. The van der Waals surface area contributed by atoms with E-state index in [4.69, 9.17) is 9.84 Å². The second-order valence-corrected chi connectivity index (χ2v) is 8.25. The monoisotopic (exact) mass is 425 g/mol. The van der Waals surface area contributed by atoms with Gasteiger partial charge in [-0.3, -0.25) is 9.59 Å². The first kappa shape index (κ1) is 22.2. The summed E-state index contributed by atoms with van der Waals surface area (Å²) in [6.45, 7) is 1.68. The number of hydrogen-bond donors (Lipinski definition) is 2. The molecule has 2 aliphatic rings. The number of anilines is 1. The number of unbranched alkanes of at least 4 members (excludes halogenated alkanes) is 2. The molecule has 1 atom stereocenters. The van der Waals surface area contributed by atoms with Gasteiger partial charge in [-0.1, -0.05) is 26.2 Å². The van der Waals surface area contributed by atoms with Crippen molar-refractivity contribution in [3.05, 3.63) is 17.8 Å². The summed E-state index contributed by atoms with van der Waals surface area (Å²) >= 11 is 0. The zero-order valence-corrected chi connectivity index (χ0v) is 17.2. The summed E-state index contributed by atoms with van der Waals surface area (Å²) < 4.78 is 32.3. The molecule has 0 aromatic carbocycles. The summed E-state index contributed by atoms with van der Waals surface area (Å²) in [5, 5.41) is 11.9. The van der Waals surface area contributed by atoms with Crippen molar-refractivity contribution in [2.45, 2.75) is 63.8 Å². The number of hydrogen-bond acceptors (Lipinski definition) is 5. The van der Waals surface area contributed by atoms with Gasteiger partial charge in [-0.05, 0) is 37.3 Å². The average molecular weight is 425 g/mol. The highest BCUT2D eigenvalue weighted by molar-refractivity contribution is 5.93. The third-order valence-corrected chi connectivity index (χ3v) is 5.32. The molecule has 1 aromatic heterocycles. The van der Waals surface area contributed by atoms with Gasteiger partial charge < -0.3 is 20.1 Å². The number of halogens is 2. The van der Waals surface area contributed by atoms with Gasteiger partial charge in [0.2, 0.25) is 5.88 Å². The van der Waals surface area contributed by atoms with Crippen LogP contribution in [0.2, 0.25) is 0 Å². The van der Waals surface area contributed by atoms with Gasteiger partial charge in [0.1, 0.15) is 11.4 Å². The van der Waals surface area contributed by atoms with Crippen molar-refractivity contribution in [2.75, 3.05) is 24.6 Å². The molecule has 3 rings (SSSR count). The lowest BCUT2D eigenvalue weighted by Crippen LogP contribution is -2.56. The van der Waals surface area contributed by atoms with Gasteiger partial charge in [0.05, 0.1) is 26.1 Å². The van der Waals surface area contributed by atoms with Crippen LogP contribution in [0, 0.1) is 5.92 Å². The summed E-state index contributed by atoms with van der Waals surface area (Å²) in [5.41, 5.74) is 0.533. The van der Waals surface area contributed by atoms with E-state index in [0.29, 0.717) is 24.6 Å². The number of ether oxygens (including phenoxy) is 1. The maximum absolute atomic E-state index is 13.3. The summed E-state index contributed by atoms with van der Waals surface area (Å²) in [4.78, 5) is 29.6. The Morgan fingerprint density at radius 3 is 2.67 bits per heavy atom. The van der Waals surface area contributed by atoms with Crippen LogP contribution in [-0.2, 0) is 4.79 Å². The maximum Gasteiger partial charge on any atom is 0.305 e. The Morgan fingerprint density at radius 1 is 1.33 bits per heavy atom. The largest absolute Gasteiger partial charge is 0.481 e. The van der Waals surface area contributed by atoms with Gasteiger partial charge in [-0.15, -0.1) is 0 Å². The molecule has 1 aromatic rings. The Hall–Kier alpha value is -2.45. The van der Waals surface area contributed by atoms with Crippen LogP contribution in [0.4, 0.5) is 14.5 Å². The standard InChI is InChI=1S/C21H29F2N3O4/c1-2-3-4-5-15(10-18(27)28)24-19(29)16-8-9-17(26-12-21(22,23)13-26)20(25-16)30-11-14-6-7-14/h8-9,14-15H,2-7,10-13H2,1H3,(H,24,29)(H,27,28). The summed E-state index contributed by atoms with van der Waals surface area (Å²) in [6, 6.07) is 2.55. The summed E-state index contributed by atoms with van der Waals surface area (Å²) in [5.74, 6) is -3.59. The van der Waals surface area contributed by atoms with E-state index in [1.807, 2.05) is 6.92 Å². The van der Waals surface area contributed by atoms with Gasteiger partial charge >= 0.3 is 5.97 Å².